The molecule has 1 saturated heterocycles. The van der Waals surface area contributed by atoms with Gasteiger partial charge in [0.2, 0.25) is 5.89 Å². The smallest absolute Gasteiger partial charge is 0.231 e. The zero-order chi connectivity index (χ0) is 12.1. The van der Waals surface area contributed by atoms with Crippen molar-refractivity contribution >= 4 is 0 Å². The minimum Gasteiger partial charge on any atom is -0.339 e. The molecule has 1 aliphatic rings. The lowest BCUT2D eigenvalue weighted by Gasteiger charge is -2.27. The third-order valence-corrected chi connectivity index (χ3v) is 3.28. The van der Waals surface area contributed by atoms with Gasteiger partial charge in [-0.3, -0.25) is 0 Å². The van der Waals surface area contributed by atoms with Crippen LogP contribution in [0.4, 0.5) is 0 Å². The van der Waals surface area contributed by atoms with Crippen molar-refractivity contribution in [3.63, 3.8) is 0 Å². The van der Waals surface area contributed by atoms with E-state index in [2.05, 4.69) is 27.4 Å². The van der Waals surface area contributed by atoms with Gasteiger partial charge in [-0.1, -0.05) is 5.16 Å². The maximum atomic E-state index is 5.37. The SMILES string of the molecule is CNCCCc1noc(C2CCCN(C)C2)n1. The van der Waals surface area contributed by atoms with Crippen LogP contribution in [0.2, 0.25) is 0 Å². The van der Waals surface area contributed by atoms with Gasteiger partial charge in [0.15, 0.2) is 5.82 Å². The Balaban J connectivity index is 1.88. The summed E-state index contributed by atoms with van der Waals surface area (Å²) < 4.78 is 5.37. The molecule has 1 aromatic rings. The summed E-state index contributed by atoms with van der Waals surface area (Å²) in [4.78, 5) is 6.84. The van der Waals surface area contributed by atoms with E-state index in [0.29, 0.717) is 5.92 Å². The van der Waals surface area contributed by atoms with Gasteiger partial charge in [0.1, 0.15) is 0 Å². The Kier molecular flexibility index (Phi) is 4.50. The maximum absolute atomic E-state index is 5.37. The van der Waals surface area contributed by atoms with Gasteiger partial charge in [0.25, 0.3) is 0 Å². The van der Waals surface area contributed by atoms with Gasteiger partial charge in [-0.15, -0.1) is 0 Å². The predicted molar refractivity (Wildman–Crippen MR) is 66.0 cm³/mol. The molecule has 96 valence electrons. The van der Waals surface area contributed by atoms with Gasteiger partial charge in [-0.2, -0.15) is 4.98 Å². The van der Waals surface area contributed by atoms with Crippen molar-refractivity contribution < 1.29 is 4.52 Å². The highest BCUT2D eigenvalue weighted by Gasteiger charge is 2.23. The lowest BCUT2D eigenvalue weighted by atomic mass is 9.98. The summed E-state index contributed by atoms with van der Waals surface area (Å²) in [6.07, 6.45) is 4.34. The molecule has 0 aliphatic carbocycles. The molecule has 1 atom stereocenters. The van der Waals surface area contributed by atoms with Crippen molar-refractivity contribution in [2.45, 2.75) is 31.6 Å². The van der Waals surface area contributed by atoms with Crippen LogP contribution < -0.4 is 5.32 Å². The summed E-state index contributed by atoms with van der Waals surface area (Å²) >= 11 is 0. The molecule has 5 heteroatoms. The molecule has 0 aromatic carbocycles. The minimum atomic E-state index is 0.430. The fourth-order valence-electron chi connectivity index (χ4n) is 2.33. The molecule has 0 bridgehead atoms. The van der Waals surface area contributed by atoms with Crippen molar-refractivity contribution in [3.05, 3.63) is 11.7 Å². The van der Waals surface area contributed by atoms with E-state index >= 15 is 0 Å². The lowest BCUT2D eigenvalue weighted by molar-refractivity contribution is 0.220. The van der Waals surface area contributed by atoms with Crippen LogP contribution in [0, 0.1) is 0 Å². The third kappa shape index (κ3) is 3.51. The molecule has 2 heterocycles. The maximum Gasteiger partial charge on any atom is 0.231 e. The number of hydrogen-bond acceptors (Lipinski definition) is 5. The Bertz CT molecular complexity index is 339. The van der Waals surface area contributed by atoms with Crippen molar-refractivity contribution in [1.29, 1.82) is 0 Å². The normalized spacial score (nSPS) is 21.9. The molecule has 1 aliphatic heterocycles. The average Bonchev–Trinajstić information content (AvgIpc) is 2.78. The highest BCUT2D eigenvalue weighted by Crippen LogP contribution is 2.24. The number of likely N-dealkylation sites (N-methyl/N-ethyl adjacent to an activating group) is 1. The molecule has 0 spiro atoms. The van der Waals surface area contributed by atoms with E-state index in [1.807, 2.05) is 7.05 Å². The first kappa shape index (κ1) is 12.5. The van der Waals surface area contributed by atoms with Gasteiger partial charge in [-0.05, 0) is 46.4 Å². The number of nitrogens with one attached hydrogen (secondary N) is 1. The lowest BCUT2D eigenvalue weighted by Crippen LogP contribution is -2.30. The van der Waals surface area contributed by atoms with Crippen molar-refractivity contribution in [2.75, 3.05) is 33.7 Å². The Morgan fingerprint density at radius 1 is 1.53 bits per heavy atom. The number of likely N-dealkylation sites (tertiary alicyclic amines) is 1. The molecule has 1 unspecified atom stereocenters. The van der Waals surface area contributed by atoms with E-state index in [4.69, 9.17) is 4.52 Å². The Morgan fingerprint density at radius 3 is 3.18 bits per heavy atom. The van der Waals surface area contributed by atoms with Crippen molar-refractivity contribution in [1.82, 2.24) is 20.4 Å². The Hall–Kier alpha value is -0.940. The summed E-state index contributed by atoms with van der Waals surface area (Å²) in [6.45, 7) is 3.22. The number of hydrogen-bond donors (Lipinski definition) is 1. The van der Waals surface area contributed by atoms with Crippen LogP contribution in [-0.4, -0.2) is 48.8 Å². The molecule has 1 fully saturated rings. The molecule has 0 amide bonds. The molecule has 17 heavy (non-hydrogen) atoms. The zero-order valence-corrected chi connectivity index (χ0v) is 10.8. The number of aryl methyl sites for hydroxylation is 1. The Morgan fingerprint density at radius 2 is 2.41 bits per heavy atom. The van der Waals surface area contributed by atoms with Gasteiger partial charge < -0.3 is 14.7 Å². The first-order valence-electron chi connectivity index (χ1n) is 6.45. The Labute approximate surface area is 103 Å². The minimum absolute atomic E-state index is 0.430. The molecule has 5 nitrogen and oxygen atoms in total. The van der Waals surface area contributed by atoms with Gasteiger partial charge in [0, 0.05) is 13.0 Å². The van der Waals surface area contributed by atoms with Crippen LogP contribution in [-0.2, 0) is 6.42 Å². The molecule has 2 rings (SSSR count). The molecule has 0 saturated carbocycles. The van der Waals surface area contributed by atoms with Crippen LogP contribution in [0.3, 0.4) is 0 Å². The first-order chi connectivity index (χ1) is 8.29. The second-order valence-corrected chi connectivity index (χ2v) is 4.86. The van der Waals surface area contributed by atoms with Crippen LogP contribution in [0.1, 0.15) is 36.9 Å². The number of nitrogens with zero attached hydrogens (tertiary/aromatic N) is 3. The van der Waals surface area contributed by atoms with Crippen LogP contribution in [0.15, 0.2) is 4.52 Å². The second kappa shape index (κ2) is 6.12. The fourth-order valence-corrected chi connectivity index (χ4v) is 2.33. The highest BCUT2D eigenvalue weighted by molar-refractivity contribution is 4.97. The van der Waals surface area contributed by atoms with Crippen LogP contribution in [0.25, 0.3) is 0 Å². The molecular formula is C12H22N4O. The summed E-state index contributed by atoms with van der Waals surface area (Å²) in [6, 6.07) is 0. The molecule has 0 radical (unpaired) electrons. The van der Waals surface area contributed by atoms with E-state index in [0.717, 1.165) is 37.6 Å². The summed E-state index contributed by atoms with van der Waals surface area (Å²) in [5.74, 6) is 2.11. The number of rotatable bonds is 5. The highest BCUT2D eigenvalue weighted by atomic mass is 16.5. The monoisotopic (exact) mass is 238 g/mol. The molecule has 1 aromatic heterocycles. The summed E-state index contributed by atoms with van der Waals surface area (Å²) in [5, 5.41) is 7.18. The van der Waals surface area contributed by atoms with Gasteiger partial charge >= 0.3 is 0 Å². The number of aromatic nitrogens is 2. The summed E-state index contributed by atoms with van der Waals surface area (Å²) in [7, 11) is 4.11. The fraction of sp³-hybridized carbons (Fsp3) is 0.833. The van der Waals surface area contributed by atoms with Crippen LogP contribution in [0.5, 0.6) is 0 Å². The second-order valence-electron chi connectivity index (χ2n) is 4.86. The molecule has 1 N–H and O–H groups in total. The van der Waals surface area contributed by atoms with E-state index in [-0.39, 0.29) is 0 Å². The topological polar surface area (TPSA) is 54.2 Å². The third-order valence-electron chi connectivity index (χ3n) is 3.28. The average molecular weight is 238 g/mol. The zero-order valence-electron chi connectivity index (χ0n) is 10.8. The predicted octanol–water partition coefficient (Wildman–Crippen LogP) is 1.03. The van der Waals surface area contributed by atoms with E-state index in [9.17, 15) is 0 Å². The van der Waals surface area contributed by atoms with Gasteiger partial charge in [0.05, 0.1) is 5.92 Å². The van der Waals surface area contributed by atoms with Crippen LogP contribution >= 0.6 is 0 Å². The largest absolute Gasteiger partial charge is 0.339 e. The van der Waals surface area contributed by atoms with Crippen molar-refractivity contribution in [2.24, 2.45) is 0 Å². The van der Waals surface area contributed by atoms with Gasteiger partial charge in [-0.25, -0.2) is 0 Å². The number of piperidine rings is 1. The van der Waals surface area contributed by atoms with E-state index in [1.54, 1.807) is 0 Å². The first-order valence-corrected chi connectivity index (χ1v) is 6.45. The summed E-state index contributed by atoms with van der Waals surface area (Å²) in [5.41, 5.74) is 0. The molecular weight excluding hydrogens is 216 g/mol. The van der Waals surface area contributed by atoms with E-state index in [1.165, 1.54) is 19.4 Å². The van der Waals surface area contributed by atoms with E-state index < -0.39 is 0 Å². The quantitative estimate of drug-likeness (QED) is 0.777. The van der Waals surface area contributed by atoms with Crippen molar-refractivity contribution in [3.8, 4) is 0 Å². The standard InChI is InChI=1S/C12H22N4O/c1-13-7-3-6-11-14-12(17-15-11)10-5-4-8-16(2)9-10/h10,13H,3-9H2,1-2H3.